The Morgan fingerprint density at radius 3 is 2.70 bits per heavy atom. The molecule has 0 N–H and O–H groups in total. The zero-order valence-corrected chi connectivity index (χ0v) is 13.7. The summed E-state index contributed by atoms with van der Waals surface area (Å²) in [5.41, 5.74) is -0.662. The van der Waals surface area contributed by atoms with Crippen LogP contribution in [0.4, 0.5) is 24.7 Å². The lowest BCUT2D eigenvalue weighted by molar-refractivity contribution is -0.138. The van der Waals surface area contributed by atoms with Crippen LogP contribution < -0.4 is 9.80 Å². The number of likely N-dealkylation sites (N-methyl/N-ethyl adjacent to an activating group) is 2. The van der Waals surface area contributed by atoms with Crippen LogP contribution in [0, 0.1) is 0 Å². The third-order valence-electron chi connectivity index (χ3n) is 4.27. The van der Waals surface area contributed by atoms with Crippen molar-refractivity contribution in [3.63, 3.8) is 0 Å². The number of nitrogens with zero attached hydrogens (tertiary/aromatic N) is 4. The van der Waals surface area contributed by atoms with E-state index in [1.54, 1.807) is 11.8 Å². The zero-order valence-electron chi connectivity index (χ0n) is 12.8. The lowest BCUT2D eigenvalue weighted by atomic mass is 10.0. The summed E-state index contributed by atoms with van der Waals surface area (Å²) in [5, 5.41) is 0. The van der Waals surface area contributed by atoms with Gasteiger partial charge in [0, 0.05) is 32.4 Å². The molecule has 9 heteroatoms. The van der Waals surface area contributed by atoms with Gasteiger partial charge in [0.15, 0.2) is 10.7 Å². The van der Waals surface area contributed by atoms with Gasteiger partial charge in [-0.2, -0.15) is 13.2 Å². The molecular formula is C14H17F3N4OS. The molecule has 0 aromatic carbocycles. The van der Waals surface area contributed by atoms with Crippen molar-refractivity contribution in [2.45, 2.75) is 18.0 Å². The van der Waals surface area contributed by atoms with E-state index in [2.05, 4.69) is 17.6 Å². The third-order valence-corrected chi connectivity index (χ3v) is 4.84. The summed E-state index contributed by atoms with van der Waals surface area (Å²) in [6, 6.07) is 0.995. The van der Waals surface area contributed by atoms with E-state index < -0.39 is 16.6 Å². The Kier molecular flexibility index (Phi) is 3.75. The summed E-state index contributed by atoms with van der Waals surface area (Å²) in [5.74, 6) is 0.0612. The first-order chi connectivity index (χ1) is 10.7. The molecule has 0 radical (unpaired) electrons. The van der Waals surface area contributed by atoms with Gasteiger partial charge in [-0.25, -0.2) is 4.98 Å². The highest BCUT2D eigenvalue weighted by Gasteiger charge is 2.52. The molecule has 5 nitrogen and oxygen atoms in total. The van der Waals surface area contributed by atoms with Gasteiger partial charge in [0.05, 0.1) is 11.3 Å². The fourth-order valence-corrected chi connectivity index (χ4v) is 3.66. The van der Waals surface area contributed by atoms with Crippen LogP contribution in [0.3, 0.4) is 0 Å². The number of hydrogen-bond acceptors (Lipinski definition) is 5. The number of aromatic nitrogens is 1. The summed E-state index contributed by atoms with van der Waals surface area (Å²) in [6.07, 6.45) is -3.68. The first-order valence-electron chi connectivity index (χ1n) is 7.26. The van der Waals surface area contributed by atoms with E-state index in [0.717, 1.165) is 12.3 Å². The number of rotatable bonds is 1. The summed E-state index contributed by atoms with van der Waals surface area (Å²) in [6.45, 7) is 3.53. The largest absolute Gasteiger partial charge is 0.417 e. The van der Waals surface area contributed by atoms with Gasteiger partial charge in [-0.15, -0.1) is 12.6 Å². The molecule has 1 saturated heterocycles. The molecule has 1 aromatic heterocycles. The fraction of sp³-hybridized carbons (Fsp3) is 0.571. The van der Waals surface area contributed by atoms with E-state index in [1.807, 2.05) is 11.9 Å². The van der Waals surface area contributed by atoms with E-state index in [0.29, 0.717) is 25.5 Å². The number of alkyl halides is 3. The number of hydrogen-bond donors (Lipinski definition) is 1. The van der Waals surface area contributed by atoms with Gasteiger partial charge in [0.25, 0.3) is 5.91 Å². The molecule has 2 aliphatic rings. The van der Waals surface area contributed by atoms with Gasteiger partial charge in [0.1, 0.15) is 0 Å². The minimum atomic E-state index is -4.50. The molecule has 2 aliphatic heterocycles. The lowest BCUT2D eigenvalue weighted by Gasteiger charge is -2.52. The Labute approximate surface area is 137 Å². The van der Waals surface area contributed by atoms with Crippen LogP contribution in [0.2, 0.25) is 0 Å². The van der Waals surface area contributed by atoms with Crippen molar-refractivity contribution in [1.82, 2.24) is 9.88 Å². The smallest absolute Gasteiger partial charge is 0.330 e. The average molecular weight is 346 g/mol. The van der Waals surface area contributed by atoms with E-state index in [9.17, 15) is 18.0 Å². The quantitative estimate of drug-likeness (QED) is 0.788. The van der Waals surface area contributed by atoms with Crippen molar-refractivity contribution < 1.29 is 18.0 Å². The van der Waals surface area contributed by atoms with Crippen molar-refractivity contribution in [1.29, 1.82) is 0 Å². The van der Waals surface area contributed by atoms with Gasteiger partial charge in [-0.05, 0) is 20.0 Å². The van der Waals surface area contributed by atoms with Gasteiger partial charge in [-0.1, -0.05) is 0 Å². The maximum absolute atomic E-state index is 13.0. The Bertz CT molecular complexity index is 653. The highest BCUT2D eigenvalue weighted by atomic mass is 32.1. The van der Waals surface area contributed by atoms with Gasteiger partial charge in [0.2, 0.25) is 0 Å². The number of carbonyl (C=O) groups is 1. The predicted octanol–water partition coefficient (Wildman–Crippen LogP) is 1.84. The maximum Gasteiger partial charge on any atom is 0.417 e. The highest BCUT2D eigenvalue weighted by molar-refractivity contribution is 7.83. The van der Waals surface area contributed by atoms with Crippen LogP contribution in [0.1, 0.15) is 12.5 Å². The Balaban J connectivity index is 2.15. The molecule has 126 valence electrons. The topological polar surface area (TPSA) is 39.7 Å². The van der Waals surface area contributed by atoms with Crippen molar-refractivity contribution in [3.8, 4) is 0 Å². The molecule has 3 rings (SSSR count). The Morgan fingerprint density at radius 1 is 1.39 bits per heavy atom. The van der Waals surface area contributed by atoms with E-state index in [4.69, 9.17) is 0 Å². The zero-order chi connectivity index (χ0) is 17.0. The summed E-state index contributed by atoms with van der Waals surface area (Å²) < 4.78 is 38.9. The molecule has 3 heterocycles. The Hall–Kier alpha value is -1.48. The predicted molar refractivity (Wildman–Crippen MR) is 83.8 cm³/mol. The van der Waals surface area contributed by atoms with Crippen molar-refractivity contribution in [2.24, 2.45) is 0 Å². The lowest BCUT2D eigenvalue weighted by Crippen LogP contribution is -2.68. The fourth-order valence-electron chi connectivity index (χ4n) is 3.11. The molecule has 23 heavy (non-hydrogen) atoms. The number of pyridine rings is 1. The van der Waals surface area contributed by atoms with Gasteiger partial charge < -0.3 is 14.7 Å². The number of anilines is 2. The number of carbonyl (C=O) groups excluding carboxylic acids is 1. The Morgan fingerprint density at radius 2 is 2.09 bits per heavy atom. The van der Waals surface area contributed by atoms with Crippen molar-refractivity contribution in [2.75, 3.05) is 43.0 Å². The maximum atomic E-state index is 13.0. The van der Waals surface area contributed by atoms with Crippen molar-refractivity contribution in [3.05, 3.63) is 17.8 Å². The number of thiol groups is 1. The molecule has 1 aromatic rings. The van der Waals surface area contributed by atoms with E-state index in [-0.39, 0.29) is 18.1 Å². The highest BCUT2D eigenvalue weighted by Crippen LogP contribution is 2.44. The molecule has 1 amide bonds. The molecule has 1 fully saturated rings. The van der Waals surface area contributed by atoms with E-state index in [1.165, 1.54) is 4.90 Å². The first-order valence-corrected chi connectivity index (χ1v) is 7.71. The van der Waals surface area contributed by atoms with Crippen LogP contribution >= 0.6 is 12.6 Å². The number of fused-ring (bicyclic) bond motifs is 3. The second-order valence-electron chi connectivity index (χ2n) is 5.82. The van der Waals surface area contributed by atoms with Crippen LogP contribution in [0.25, 0.3) is 0 Å². The van der Waals surface area contributed by atoms with Gasteiger partial charge in [-0.3, -0.25) is 4.79 Å². The number of halogens is 3. The normalized spacial score (nSPS) is 25.4. The molecule has 1 atom stereocenters. The second-order valence-corrected chi connectivity index (χ2v) is 6.56. The molecule has 0 spiro atoms. The van der Waals surface area contributed by atoms with Crippen molar-refractivity contribution >= 4 is 30.0 Å². The average Bonchev–Trinajstić information content (AvgIpc) is 2.46. The second kappa shape index (κ2) is 5.27. The standard InChI is InChI=1S/C14H17F3N4OS/c1-3-20-10-6-9(14(15,16)17)7-18-11(10)21-5-4-19(2)8-13(21,23)12(20)22/h6-7,23H,3-5,8H2,1-2H3/t13-/m0/s1. The summed E-state index contributed by atoms with van der Waals surface area (Å²) in [7, 11) is 1.88. The van der Waals surface area contributed by atoms with E-state index >= 15 is 0 Å². The van der Waals surface area contributed by atoms with Crippen LogP contribution in [0.15, 0.2) is 12.3 Å². The molecule has 0 saturated carbocycles. The number of amides is 1. The summed E-state index contributed by atoms with van der Waals surface area (Å²) in [4.78, 5) is 20.8. The minimum absolute atomic E-state index is 0.196. The molecule has 0 unspecified atom stereocenters. The summed E-state index contributed by atoms with van der Waals surface area (Å²) >= 11 is 4.58. The van der Waals surface area contributed by atoms with Crippen LogP contribution in [-0.4, -0.2) is 53.9 Å². The van der Waals surface area contributed by atoms with Crippen LogP contribution in [0.5, 0.6) is 0 Å². The SMILES string of the molecule is CCN1C(=O)[C@@]2(S)CN(C)CCN2c2ncc(C(F)(F)F)cc21. The third kappa shape index (κ3) is 2.46. The number of piperazine rings is 1. The monoisotopic (exact) mass is 346 g/mol. The minimum Gasteiger partial charge on any atom is -0.330 e. The van der Waals surface area contributed by atoms with Crippen LogP contribution in [-0.2, 0) is 11.0 Å². The molecule has 0 aliphatic carbocycles. The molecular weight excluding hydrogens is 329 g/mol. The molecule has 0 bridgehead atoms. The van der Waals surface area contributed by atoms with Gasteiger partial charge >= 0.3 is 6.18 Å². The first kappa shape index (κ1) is 16.4.